The monoisotopic (exact) mass is 270 g/mol. The van der Waals surface area contributed by atoms with Crippen LogP contribution in [0.25, 0.3) is 16.9 Å². The normalized spacial score (nSPS) is 12.8. The Labute approximate surface area is 116 Å². The van der Waals surface area contributed by atoms with E-state index in [1.54, 1.807) is 12.3 Å². The van der Waals surface area contributed by atoms with E-state index in [0.29, 0.717) is 17.2 Å². The van der Waals surface area contributed by atoms with Crippen molar-refractivity contribution in [3.05, 3.63) is 54.2 Å². The zero-order valence-corrected chi connectivity index (χ0v) is 11.1. The molecule has 102 valence electrons. The molecule has 3 aromatic rings. The molecule has 3 rings (SSSR count). The molecule has 20 heavy (non-hydrogen) atoms. The molecule has 0 aliphatic heterocycles. The van der Waals surface area contributed by atoms with Crippen molar-refractivity contribution >= 4 is 11.0 Å². The fourth-order valence-electron chi connectivity index (χ4n) is 2.23. The Hall–Kier alpha value is -2.27. The van der Waals surface area contributed by atoms with Gasteiger partial charge in [-0.15, -0.1) is 0 Å². The molecule has 2 aromatic heterocycles. The van der Waals surface area contributed by atoms with Crippen molar-refractivity contribution in [2.45, 2.75) is 19.4 Å². The highest BCUT2D eigenvalue weighted by molar-refractivity contribution is 5.78. The molecule has 4 nitrogen and oxygen atoms in total. The number of hydrogen-bond donors (Lipinski definition) is 1. The number of imidazole rings is 1. The minimum atomic E-state index is -0.300. The van der Waals surface area contributed by atoms with Gasteiger partial charge in [0.05, 0.1) is 17.1 Å². The molecule has 0 aliphatic carbocycles. The SMILES string of the molecule is CCC(N)c1nc2ccc(F)cc2n1-c1ccccn1. The Morgan fingerprint density at radius 3 is 2.85 bits per heavy atom. The molecule has 0 amide bonds. The zero-order chi connectivity index (χ0) is 14.1. The second-order valence-corrected chi connectivity index (χ2v) is 4.64. The molecule has 0 radical (unpaired) electrons. The van der Waals surface area contributed by atoms with E-state index in [-0.39, 0.29) is 11.9 Å². The van der Waals surface area contributed by atoms with Crippen LogP contribution in [0.3, 0.4) is 0 Å². The summed E-state index contributed by atoms with van der Waals surface area (Å²) in [6.45, 7) is 1.99. The average Bonchev–Trinajstić information content (AvgIpc) is 2.85. The lowest BCUT2D eigenvalue weighted by atomic mass is 10.2. The van der Waals surface area contributed by atoms with E-state index in [4.69, 9.17) is 5.73 Å². The van der Waals surface area contributed by atoms with Crippen molar-refractivity contribution in [3.63, 3.8) is 0 Å². The summed E-state index contributed by atoms with van der Waals surface area (Å²) in [6, 6.07) is 9.89. The second kappa shape index (κ2) is 5.02. The van der Waals surface area contributed by atoms with Gasteiger partial charge in [0.15, 0.2) is 0 Å². The summed E-state index contributed by atoms with van der Waals surface area (Å²) in [4.78, 5) is 8.86. The number of hydrogen-bond acceptors (Lipinski definition) is 3. The Morgan fingerprint density at radius 1 is 1.30 bits per heavy atom. The maximum Gasteiger partial charge on any atom is 0.138 e. The van der Waals surface area contributed by atoms with Crippen LogP contribution in [0.1, 0.15) is 25.2 Å². The van der Waals surface area contributed by atoms with E-state index >= 15 is 0 Å². The summed E-state index contributed by atoms with van der Waals surface area (Å²) in [5.41, 5.74) is 7.53. The minimum absolute atomic E-state index is 0.215. The van der Waals surface area contributed by atoms with Gasteiger partial charge in [-0.1, -0.05) is 13.0 Å². The summed E-state index contributed by atoms with van der Waals surface area (Å²) < 4.78 is 15.4. The fourth-order valence-corrected chi connectivity index (χ4v) is 2.23. The van der Waals surface area contributed by atoms with Crippen LogP contribution < -0.4 is 5.73 Å². The highest BCUT2D eigenvalue weighted by Gasteiger charge is 2.18. The fraction of sp³-hybridized carbons (Fsp3) is 0.200. The summed E-state index contributed by atoms with van der Waals surface area (Å²) in [7, 11) is 0. The largest absolute Gasteiger partial charge is 0.321 e. The third-order valence-electron chi connectivity index (χ3n) is 3.29. The van der Waals surface area contributed by atoms with E-state index in [9.17, 15) is 4.39 Å². The molecule has 0 fully saturated rings. The first kappa shape index (κ1) is 12.7. The third kappa shape index (κ3) is 2.06. The summed E-state index contributed by atoms with van der Waals surface area (Å²) in [5, 5.41) is 0. The maximum absolute atomic E-state index is 13.5. The van der Waals surface area contributed by atoms with Gasteiger partial charge in [0.25, 0.3) is 0 Å². The van der Waals surface area contributed by atoms with Crippen molar-refractivity contribution in [1.82, 2.24) is 14.5 Å². The molecule has 2 N–H and O–H groups in total. The first-order valence-corrected chi connectivity index (χ1v) is 6.55. The lowest BCUT2D eigenvalue weighted by molar-refractivity contribution is 0.627. The molecule has 0 saturated carbocycles. The Morgan fingerprint density at radius 2 is 2.15 bits per heavy atom. The average molecular weight is 270 g/mol. The highest BCUT2D eigenvalue weighted by Crippen LogP contribution is 2.25. The van der Waals surface area contributed by atoms with Gasteiger partial charge in [-0.05, 0) is 30.7 Å². The smallest absolute Gasteiger partial charge is 0.138 e. The molecule has 5 heteroatoms. The summed E-state index contributed by atoms with van der Waals surface area (Å²) >= 11 is 0. The molecule has 0 bridgehead atoms. The molecular formula is C15H15FN4. The zero-order valence-electron chi connectivity index (χ0n) is 11.1. The van der Waals surface area contributed by atoms with Crippen LogP contribution in [0.4, 0.5) is 4.39 Å². The van der Waals surface area contributed by atoms with Crippen LogP contribution in [0.2, 0.25) is 0 Å². The van der Waals surface area contributed by atoms with Gasteiger partial charge < -0.3 is 5.73 Å². The van der Waals surface area contributed by atoms with Crippen LogP contribution in [0.15, 0.2) is 42.6 Å². The van der Waals surface area contributed by atoms with Crippen molar-refractivity contribution in [2.24, 2.45) is 5.73 Å². The standard InChI is InChI=1S/C15H15FN4/c1-2-11(17)15-19-12-7-6-10(16)9-13(12)20(15)14-5-3-4-8-18-14/h3-9,11H,2,17H2,1H3. The predicted octanol–water partition coefficient (Wildman–Crippen LogP) is 2.97. The van der Waals surface area contributed by atoms with E-state index in [1.807, 2.05) is 29.7 Å². The number of pyridine rings is 1. The summed E-state index contributed by atoms with van der Waals surface area (Å²) in [5.74, 6) is 1.09. The number of benzene rings is 1. The molecule has 0 aliphatic rings. The van der Waals surface area contributed by atoms with Gasteiger partial charge in [-0.3, -0.25) is 4.57 Å². The Bertz CT molecular complexity index is 736. The third-order valence-corrected chi connectivity index (χ3v) is 3.29. The highest BCUT2D eigenvalue weighted by atomic mass is 19.1. The maximum atomic E-state index is 13.5. The van der Waals surface area contributed by atoms with Crippen LogP contribution in [0.5, 0.6) is 0 Å². The van der Waals surface area contributed by atoms with Crippen LogP contribution in [-0.4, -0.2) is 14.5 Å². The minimum Gasteiger partial charge on any atom is -0.321 e. The molecule has 0 saturated heterocycles. The first-order chi connectivity index (χ1) is 9.70. The lowest BCUT2D eigenvalue weighted by Gasteiger charge is -2.12. The second-order valence-electron chi connectivity index (χ2n) is 4.64. The quantitative estimate of drug-likeness (QED) is 0.796. The van der Waals surface area contributed by atoms with Crippen molar-refractivity contribution < 1.29 is 4.39 Å². The molecule has 1 atom stereocenters. The van der Waals surface area contributed by atoms with Crippen LogP contribution >= 0.6 is 0 Å². The van der Waals surface area contributed by atoms with E-state index in [1.165, 1.54) is 12.1 Å². The van der Waals surface area contributed by atoms with E-state index in [2.05, 4.69) is 9.97 Å². The lowest BCUT2D eigenvalue weighted by Crippen LogP contribution is -2.15. The van der Waals surface area contributed by atoms with Crippen molar-refractivity contribution in [1.29, 1.82) is 0 Å². The first-order valence-electron chi connectivity index (χ1n) is 6.55. The van der Waals surface area contributed by atoms with E-state index in [0.717, 1.165) is 11.9 Å². The Balaban J connectivity index is 2.33. The predicted molar refractivity (Wildman–Crippen MR) is 76.0 cm³/mol. The van der Waals surface area contributed by atoms with Gasteiger partial charge >= 0.3 is 0 Å². The number of aromatic nitrogens is 3. The number of nitrogens with zero attached hydrogens (tertiary/aromatic N) is 3. The van der Waals surface area contributed by atoms with Crippen molar-refractivity contribution in [2.75, 3.05) is 0 Å². The number of halogens is 1. The number of fused-ring (bicyclic) bond motifs is 1. The topological polar surface area (TPSA) is 56.7 Å². The summed E-state index contributed by atoms with van der Waals surface area (Å²) in [6.07, 6.45) is 2.44. The molecular weight excluding hydrogens is 255 g/mol. The molecule has 1 aromatic carbocycles. The van der Waals surface area contributed by atoms with E-state index < -0.39 is 0 Å². The van der Waals surface area contributed by atoms with Gasteiger partial charge in [-0.2, -0.15) is 0 Å². The van der Waals surface area contributed by atoms with Gasteiger partial charge in [0.1, 0.15) is 17.5 Å². The molecule has 2 heterocycles. The van der Waals surface area contributed by atoms with Crippen LogP contribution in [-0.2, 0) is 0 Å². The van der Waals surface area contributed by atoms with Gasteiger partial charge in [0.2, 0.25) is 0 Å². The molecule has 0 spiro atoms. The Kier molecular flexibility index (Phi) is 3.20. The van der Waals surface area contributed by atoms with Gasteiger partial charge in [0, 0.05) is 12.3 Å². The van der Waals surface area contributed by atoms with Gasteiger partial charge in [-0.25, -0.2) is 14.4 Å². The van der Waals surface area contributed by atoms with Crippen LogP contribution in [0, 0.1) is 5.82 Å². The number of nitrogens with two attached hydrogens (primary N) is 1. The molecule has 1 unspecified atom stereocenters. The van der Waals surface area contributed by atoms with Crippen molar-refractivity contribution in [3.8, 4) is 5.82 Å². The number of rotatable bonds is 3.